The highest BCUT2D eigenvalue weighted by Crippen LogP contribution is 2.56. The van der Waals surface area contributed by atoms with Gasteiger partial charge in [0.15, 0.2) is 0 Å². The van der Waals surface area contributed by atoms with E-state index >= 15 is 0 Å². The van der Waals surface area contributed by atoms with Crippen molar-refractivity contribution >= 4 is 5.97 Å². The largest absolute Gasteiger partial charge is 0.462 e. The van der Waals surface area contributed by atoms with Crippen molar-refractivity contribution in [2.24, 2.45) is 23.2 Å². The zero-order chi connectivity index (χ0) is 21.5. The monoisotopic (exact) mass is 412 g/mol. The minimum atomic E-state index is -0.919. The van der Waals surface area contributed by atoms with Crippen LogP contribution in [0.3, 0.4) is 0 Å². The zero-order valence-corrected chi connectivity index (χ0v) is 18.8. The smallest absolute Gasteiger partial charge is 0.315 e. The lowest BCUT2D eigenvalue weighted by Gasteiger charge is -2.50. The Balaban J connectivity index is 1.48. The molecule has 2 saturated carbocycles. The first-order valence-electron chi connectivity index (χ1n) is 11.7. The van der Waals surface area contributed by atoms with E-state index in [0.717, 1.165) is 37.9 Å². The number of hydrogen-bond donors (Lipinski definition) is 2. The summed E-state index contributed by atoms with van der Waals surface area (Å²) in [5.74, 6) is 0.703. The fourth-order valence-corrected chi connectivity index (χ4v) is 6.53. The first-order valence-corrected chi connectivity index (χ1v) is 11.7. The average molecular weight is 413 g/mol. The van der Waals surface area contributed by atoms with Crippen LogP contribution in [0.25, 0.3) is 0 Å². The Hall–Kier alpha value is -1.65. The summed E-state index contributed by atoms with van der Waals surface area (Å²) < 4.78 is 5.94. The molecular weight excluding hydrogens is 374 g/mol. The number of ether oxygens (including phenoxy) is 1. The number of carbonyl (C=O) groups is 1. The maximum absolute atomic E-state index is 12.9. The predicted octanol–water partition coefficient (Wildman–Crippen LogP) is 3.11. The fourth-order valence-electron chi connectivity index (χ4n) is 6.53. The molecule has 3 fully saturated rings. The SMILES string of the molecule is C=C1CCC[C@]2(C)C[C@H]3OC(=O)[C@H](C[NH+](CC)C[C@@](C)(O)c4ccccc4)[C@H]3C[C@@H]12. The predicted molar refractivity (Wildman–Crippen MR) is 118 cm³/mol. The minimum absolute atomic E-state index is 0.0248. The van der Waals surface area contributed by atoms with Crippen molar-refractivity contribution in [1.82, 2.24) is 0 Å². The third-order valence-electron chi connectivity index (χ3n) is 8.32. The van der Waals surface area contributed by atoms with Crippen LogP contribution in [0.2, 0.25) is 0 Å². The van der Waals surface area contributed by atoms with E-state index in [-0.39, 0.29) is 29.3 Å². The Bertz CT molecular complexity index is 789. The Morgan fingerprint density at radius 1 is 1.33 bits per heavy atom. The number of quaternary nitrogens is 1. The summed E-state index contributed by atoms with van der Waals surface area (Å²) in [6.07, 6.45) is 5.62. The van der Waals surface area contributed by atoms with Crippen molar-refractivity contribution in [3.63, 3.8) is 0 Å². The topological polar surface area (TPSA) is 51.0 Å². The number of aliphatic hydroxyl groups is 1. The standard InChI is InChI=1S/C26H37NO3/c1-5-27(17-26(4,29)19-11-7-6-8-12-19)16-21-20-14-22-18(2)10-9-13-25(22,3)15-23(20)30-24(21)28/h6-8,11-12,20-23,29H,2,5,9-10,13-17H2,1,3-4H3/p+1/t20-,21-,22+,23-,25-,26-/m1/s1. The number of carbonyl (C=O) groups excluding carboxylic acids is 1. The molecule has 2 N–H and O–H groups in total. The Labute approximate surface area is 181 Å². The number of fused-ring (bicyclic) bond motifs is 2. The van der Waals surface area contributed by atoms with Crippen LogP contribution in [0, 0.1) is 23.2 Å². The second-order valence-corrected chi connectivity index (χ2v) is 10.5. The van der Waals surface area contributed by atoms with Gasteiger partial charge in [0, 0.05) is 5.92 Å². The molecule has 0 spiro atoms. The molecule has 1 aromatic carbocycles. The molecule has 0 bridgehead atoms. The van der Waals surface area contributed by atoms with Gasteiger partial charge in [-0.05, 0) is 62.8 Å². The molecule has 0 amide bonds. The number of esters is 1. The van der Waals surface area contributed by atoms with E-state index in [1.54, 1.807) is 0 Å². The molecule has 0 radical (unpaired) electrons. The quantitative estimate of drug-likeness (QED) is 0.558. The molecule has 1 unspecified atom stereocenters. The lowest BCUT2D eigenvalue weighted by molar-refractivity contribution is -0.908. The molecule has 164 valence electrons. The maximum Gasteiger partial charge on any atom is 0.315 e. The summed E-state index contributed by atoms with van der Waals surface area (Å²) in [7, 11) is 0. The molecule has 2 aliphatic carbocycles. The molecular formula is C26H38NO3+. The second kappa shape index (κ2) is 8.12. The molecule has 1 aliphatic heterocycles. The van der Waals surface area contributed by atoms with Gasteiger partial charge in [-0.1, -0.05) is 49.4 Å². The average Bonchev–Trinajstić information content (AvgIpc) is 3.00. The van der Waals surface area contributed by atoms with Crippen LogP contribution in [-0.4, -0.2) is 36.8 Å². The van der Waals surface area contributed by atoms with Crippen LogP contribution in [0.15, 0.2) is 42.5 Å². The molecule has 4 heteroatoms. The van der Waals surface area contributed by atoms with Crippen LogP contribution in [0.1, 0.15) is 58.4 Å². The summed E-state index contributed by atoms with van der Waals surface area (Å²) in [4.78, 5) is 14.2. The van der Waals surface area contributed by atoms with Crippen molar-refractivity contribution < 1.29 is 19.5 Å². The van der Waals surface area contributed by atoms with E-state index in [1.165, 1.54) is 23.3 Å². The van der Waals surface area contributed by atoms with Gasteiger partial charge in [0.25, 0.3) is 0 Å². The third kappa shape index (κ3) is 3.97. The number of benzene rings is 1. The first kappa shape index (κ1) is 21.6. The van der Waals surface area contributed by atoms with E-state index < -0.39 is 5.60 Å². The van der Waals surface area contributed by atoms with Crippen LogP contribution >= 0.6 is 0 Å². The summed E-state index contributed by atoms with van der Waals surface area (Å²) in [6.45, 7) is 13.0. The van der Waals surface area contributed by atoms with Crippen molar-refractivity contribution in [2.45, 2.75) is 64.6 Å². The van der Waals surface area contributed by atoms with E-state index in [4.69, 9.17) is 4.74 Å². The summed E-state index contributed by atoms with van der Waals surface area (Å²) in [6, 6.07) is 9.84. The van der Waals surface area contributed by atoms with Gasteiger partial charge >= 0.3 is 5.97 Å². The zero-order valence-electron chi connectivity index (χ0n) is 18.8. The van der Waals surface area contributed by atoms with Crippen molar-refractivity contribution in [3.8, 4) is 0 Å². The van der Waals surface area contributed by atoms with E-state index in [1.807, 2.05) is 37.3 Å². The Kier molecular flexibility index (Phi) is 5.84. The lowest BCUT2D eigenvalue weighted by Crippen LogP contribution is -3.14. The fraction of sp³-hybridized carbons (Fsp3) is 0.654. The summed E-state index contributed by atoms with van der Waals surface area (Å²) in [5.41, 5.74) is 1.62. The normalized spacial score (nSPS) is 36.4. The summed E-state index contributed by atoms with van der Waals surface area (Å²) in [5, 5.41) is 11.1. The van der Waals surface area contributed by atoms with Gasteiger partial charge in [-0.3, -0.25) is 4.79 Å². The number of hydrogen-bond acceptors (Lipinski definition) is 3. The van der Waals surface area contributed by atoms with Gasteiger partial charge < -0.3 is 14.7 Å². The molecule has 4 nitrogen and oxygen atoms in total. The number of nitrogens with one attached hydrogen (secondary N) is 1. The van der Waals surface area contributed by atoms with E-state index in [2.05, 4.69) is 20.4 Å². The molecule has 1 heterocycles. The van der Waals surface area contributed by atoms with Gasteiger partial charge in [-0.15, -0.1) is 0 Å². The number of likely N-dealkylation sites (N-methyl/N-ethyl adjacent to an activating group) is 1. The molecule has 1 saturated heterocycles. The van der Waals surface area contributed by atoms with Gasteiger partial charge in [0.05, 0.1) is 13.1 Å². The molecule has 0 aromatic heterocycles. The van der Waals surface area contributed by atoms with Gasteiger partial charge in [-0.25, -0.2) is 0 Å². The van der Waals surface area contributed by atoms with Crippen molar-refractivity contribution in [1.29, 1.82) is 0 Å². The second-order valence-electron chi connectivity index (χ2n) is 10.5. The molecule has 30 heavy (non-hydrogen) atoms. The molecule has 4 rings (SSSR count). The Morgan fingerprint density at radius 2 is 2.07 bits per heavy atom. The number of rotatable bonds is 6. The van der Waals surface area contributed by atoms with Crippen LogP contribution in [0.5, 0.6) is 0 Å². The van der Waals surface area contributed by atoms with Crippen LogP contribution < -0.4 is 4.90 Å². The lowest BCUT2D eigenvalue weighted by atomic mass is 9.55. The van der Waals surface area contributed by atoms with Gasteiger partial charge in [0.1, 0.15) is 24.2 Å². The van der Waals surface area contributed by atoms with Gasteiger partial charge in [0.2, 0.25) is 0 Å². The van der Waals surface area contributed by atoms with E-state index in [9.17, 15) is 9.90 Å². The molecule has 3 aliphatic rings. The molecule has 1 aromatic rings. The summed E-state index contributed by atoms with van der Waals surface area (Å²) >= 11 is 0. The minimum Gasteiger partial charge on any atom is -0.462 e. The van der Waals surface area contributed by atoms with Gasteiger partial charge in [-0.2, -0.15) is 0 Å². The highest BCUT2D eigenvalue weighted by molar-refractivity contribution is 5.75. The van der Waals surface area contributed by atoms with Crippen LogP contribution in [0.4, 0.5) is 0 Å². The van der Waals surface area contributed by atoms with E-state index in [0.29, 0.717) is 12.5 Å². The third-order valence-corrected chi connectivity index (χ3v) is 8.32. The maximum atomic E-state index is 12.9. The van der Waals surface area contributed by atoms with Crippen molar-refractivity contribution in [3.05, 3.63) is 48.0 Å². The Morgan fingerprint density at radius 3 is 2.77 bits per heavy atom. The highest BCUT2D eigenvalue weighted by Gasteiger charge is 2.56. The van der Waals surface area contributed by atoms with Crippen molar-refractivity contribution in [2.75, 3.05) is 19.6 Å². The first-order chi connectivity index (χ1) is 14.2. The highest BCUT2D eigenvalue weighted by atomic mass is 16.6. The molecule has 7 atom stereocenters. The van der Waals surface area contributed by atoms with Crippen LogP contribution in [-0.2, 0) is 15.1 Å². The number of allylic oxidation sites excluding steroid dienone is 1.